The van der Waals surface area contributed by atoms with Gasteiger partial charge in [0, 0.05) is 30.0 Å². The normalized spacial score (nSPS) is 13.9. The lowest BCUT2D eigenvalue weighted by atomic mass is 9.98. The van der Waals surface area contributed by atoms with Crippen LogP contribution in [0.3, 0.4) is 0 Å². The molecule has 0 saturated carbocycles. The minimum atomic E-state index is -4.70. The van der Waals surface area contributed by atoms with Crippen molar-refractivity contribution in [2.24, 2.45) is 0 Å². The van der Waals surface area contributed by atoms with Gasteiger partial charge in [0.2, 0.25) is 0 Å². The van der Waals surface area contributed by atoms with Gasteiger partial charge in [-0.2, -0.15) is 0 Å². The third-order valence-electron chi connectivity index (χ3n) is 6.55. The van der Waals surface area contributed by atoms with Crippen molar-refractivity contribution < 1.29 is 17.9 Å². The molecule has 2 aromatic carbocycles. The Labute approximate surface area is 223 Å². The van der Waals surface area contributed by atoms with Crippen LogP contribution < -0.4 is 15.0 Å². The number of nitrogens with one attached hydrogen (secondary N) is 1. The van der Waals surface area contributed by atoms with Gasteiger partial charge in [-0.1, -0.05) is 0 Å². The molecule has 1 aromatic heterocycles. The highest BCUT2D eigenvalue weighted by molar-refractivity contribution is 5.85. The molecule has 0 aliphatic carbocycles. The average Bonchev–Trinajstić information content (AvgIpc) is 2.81. The van der Waals surface area contributed by atoms with E-state index in [2.05, 4.69) is 58.9 Å². The number of benzene rings is 2. The highest BCUT2D eigenvalue weighted by Gasteiger charge is 2.31. The van der Waals surface area contributed by atoms with E-state index in [-0.39, 0.29) is 36.6 Å². The second-order valence-corrected chi connectivity index (χ2v) is 8.94. The number of ether oxygens (including phenoxy) is 1. The SMILES string of the molecule is Cc1cc(-c2cc(CN(c3ccc(OC(F)(F)F)cc3)C3CCNCC3)ccn2)cc(C)c1C.Cl.Cl. The Morgan fingerprint density at radius 2 is 1.56 bits per heavy atom. The first-order chi connectivity index (χ1) is 16.2. The molecule has 9 heteroatoms. The number of rotatable bonds is 6. The molecule has 1 aliphatic rings. The molecule has 0 radical (unpaired) electrons. The highest BCUT2D eigenvalue weighted by atomic mass is 35.5. The Kier molecular flexibility index (Phi) is 10.5. The van der Waals surface area contributed by atoms with Crippen molar-refractivity contribution in [1.29, 1.82) is 0 Å². The summed E-state index contributed by atoms with van der Waals surface area (Å²) in [5.41, 5.74) is 7.75. The van der Waals surface area contributed by atoms with Crippen LogP contribution in [0.4, 0.5) is 18.9 Å². The molecule has 0 spiro atoms. The monoisotopic (exact) mass is 541 g/mol. The van der Waals surface area contributed by atoms with Gasteiger partial charge in [-0.3, -0.25) is 4.98 Å². The Balaban J connectivity index is 0.00000228. The summed E-state index contributed by atoms with van der Waals surface area (Å²) in [5, 5.41) is 3.38. The maximum absolute atomic E-state index is 12.6. The van der Waals surface area contributed by atoms with Crippen molar-refractivity contribution in [2.45, 2.75) is 52.6 Å². The maximum atomic E-state index is 12.6. The molecular weight excluding hydrogens is 510 g/mol. The molecule has 196 valence electrons. The van der Waals surface area contributed by atoms with Crippen molar-refractivity contribution in [3.8, 4) is 17.0 Å². The molecule has 36 heavy (non-hydrogen) atoms. The molecule has 0 atom stereocenters. The summed E-state index contributed by atoms with van der Waals surface area (Å²) in [5.74, 6) is -0.210. The minimum absolute atomic E-state index is 0. The van der Waals surface area contributed by atoms with E-state index in [1.54, 1.807) is 12.1 Å². The van der Waals surface area contributed by atoms with Crippen LogP contribution in [0, 0.1) is 20.8 Å². The van der Waals surface area contributed by atoms with Crippen molar-refractivity contribution in [2.75, 3.05) is 18.0 Å². The molecule has 1 aliphatic heterocycles. The molecule has 1 N–H and O–H groups in total. The summed E-state index contributed by atoms with van der Waals surface area (Å²) >= 11 is 0. The van der Waals surface area contributed by atoms with E-state index in [9.17, 15) is 13.2 Å². The van der Waals surface area contributed by atoms with E-state index in [4.69, 9.17) is 0 Å². The number of anilines is 1. The number of pyridine rings is 1. The fraction of sp³-hybridized carbons (Fsp3) is 0.370. The molecule has 1 fully saturated rings. The number of aromatic nitrogens is 1. The maximum Gasteiger partial charge on any atom is 0.573 e. The second-order valence-electron chi connectivity index (χ2n) is 8.94. The fourth-order valence-electron chi connectivity index (χ4n) is 4.50. The molecule has 4 rings (SSSR count). The fourth-order valence-corrected chi connectivity index (χ4v) is 4.50. The Hall–Kier alpha value is -2.48. The largest absolute Gasteiger partial charge is 0.573 e. The first kappa shape index (κ1) is 29.7. The van der Waals surface area contributed by atoms with Crippen LogP contribution in [0.5, 0.6) is 5.75 Å². The summed E-state index contributed by atoms with van der Waals surface area (Å²) < 4.78 is 41.8. The van der Waals surface area contributed by atoms with Crippen molar-refractivity contribution in [1.82, 2.24) is 10.3 Å². The van der Waals surface area contributed by atoms with Gasteiger partial charge in [0.1, 0.15) is 5.75 Å². The van der Waals surface area contributed by atoms with Crippen LogP contribution in [-0.4, -0.2) is 30.5 Å². The lowest BCUT2D eigenvalue weighted by molar-refractivity contribution is -0.274. The summed E-state index contributed by atoms with van der Waals surface area (Å²) in [7, 11) is 0. The topological polar surface area (TPSA) is 37.4 Å². The summed E-state index contributed by atoms with van der Waals surface area (Å²) in [6.07, 6.45) is -0.934. The molecule has 3 aromatic rings. The summed E-state index contributed by atoms with van der Waals surface area (Å²) in [6, 6.07) is 14.9. The summed E-state index contributed by atoms with van der Waals surface area (Å²) in [6.45, 7) is 8.82. The molecule has 0 unspecified atom stereocenters. The number of aryl methyl sites for hydroxylation is 2. The number of hydrogen-bond donors (Lipinski definition) is 1. The number of alkyl halides is 3. The average molecular weight is 542 g/mol. The number of halogens is 5. The van der Waals surface area contributed by atoms with Gasteiger partial charge in [0.05, 0.1) is 5.69 Å². The van der Waals surface area contributed by atoms with E-state index < -0.39 is 6.36 Å². The van der Waals surface area contributed by atoms with Gasteiger partial charge < -0.3 is 15.0 Å². The number of hydrogen-bond acceptors (Lipinski definition) is 4. The van der Waals surface area contributed by atoms with Gasteiger partial charge in [0.15, 0.2) is 0 Å². The van der Waals surface area contributed by atoms with Gasteiger partial charge >= 0.3 is 6.36 Å². The number of nitrogens with zero attached hydrogens (tertiary/aromatic N) is 2. The molecular formula is C27H32Cl2F3N3O. The summed E-state index contributed by atoms with van der Waals surface area (Å²) in [4.78, 5) is 6.89. The molecule has 1 saturated heterocycles. The third kappa shape index (κ3) is 7.51. The van der Waals surface area contributed by atoms with Crippen molar-refractivity contribution >= 4 is 30.5 Å². The molecule has 2 heterocycles. The first-order valence-corrected chi connectivity index (χ1v) is 11.6. The molecule has 4 nitrogen and oxygen atoms in total. The Morgan fingerprint density at radius 1 is 0.944 bits per heavy atom. The van der Waals surface area contributed by atoms with E-state index >= 15 is 0 Å². The smallest absolute Gasteiger partial charge is 0.406 e. The van der Waals surface area contributed by atoms with Crippen molar-refractivity contribution in [3.05, 3.63) is 77.0 Å². The predicted molar refractivity (Wildman–Crippen MR) is 144 cm³/mol. The van der Waals surface area contributed by atoms with E-state index in [1.807, 2.05) is 12.3 Å². The van der Waals surface area contributed by atoms with Crippen LogP contribution in [-0.2, 0) is 6.54 Å². The lowest BCUT2D eigenvalue weighted by Gasteiger charge is -2.36. The quantitative estimate of drug-likeness (QED) is 0.358. The van der Waals surface area contributed by atoms with Gasteiger partial charge in [-0.25, -0.2) is 0 Å². The first-order valence-electron chi connectivity index (χ1n) is 11.6. The van der Waals surface area contributed by atoms with E-state index in [0.29, 0.717) is 6.54 Å². The number of piperidine rings is 1. The second kappa shape index (κ2) is 12.7. The zero-order chi connectivity index (χ0) is 24.3. The van der Waals surface area contributed by atoms with E-state index in [1.165, 1.54) is 28.8 Å². The zero-order valence-corrected chi connectivity index (χ0v) is 22.2. The van der Waals surface area contributed by atoms with Gasteiger partial charge in [-0.15, -0.1) is 38.0 Å². The zero-order valence-electron chi connectivity index (χ0n) is 20.6. The Morgan fingerprint density at radius 3 is 2.14 bits per heavy atom. The molecule has 0 bridgehead atoms. The van der Waals surface area contributed by atoms with Crippen LogP contribution >= 0.6 is 24.8 Å². The van der Waals surface area contributed by atoms with Crippen LogP contribution in [0.1, 0.15) is 35.1 Å². The standard InChI is InChI=1S/C27H30F3N3O.2ClH/c1-18-14-22(15-19(2)20(18)3)26-16-21(8-13-32-26)17-33(24-9-11-31-12-10-24)23-4-6-25(7-5-23)34-27(28,29)30;;/h4-8,13-16,24,31H,9-12,17H2,1-3H3;2*1H. The van der Waals surface area contributed by atoms with Crippen molar-refractivity contribution in [3.63, 3.8) is 0 Å². The Bertz CT molecular complexity index is 1110. The predicted octanol–water partition coefficient (Wildman–Crippen LogP) is 7.17. The van der Waals surface area contributed by atoms with E-state index in [0.717, 1.165) is 48.4 Å². The highest BCUT2D eigenvalue weighted by Crippen LogP contribution is 2.30. The lowest BCUT2D eigenvalue weighted by Crippen LogP contribution is -2.43. The third-order valence-corrected chi connectivity index (χ3v) is 6.55. The van der Waals surface area contributed by atoms with Crippen LogP contribution in [0.25, 0.3) is 11.3 Å². The van der Waals surface area contributed by atoms with Gasteiger partial charge in [-0.05, 0) is 117 Å². The minimum Gasteiger partial charge on any atom is -0.406 e. The van der Waals surface area contributed by atoms with Crippen LogP contribution in [0.15, 0.2) is 54.7 Å². The molecule has 0 amide bonds. The van der Waals surface area contributed by atoms with Crippen LogP contribution in [0.2, 0.25) is 0 Å². The van der Waals surface area contributed by atoms with Gasteiger partial charge in [0.25, 0.3) is 0 Å².